The van der Waals surface area contributed by atoms with Crippen molar-refractivity contribution in [3.05, 3.63) is 53.1 Å². The normalized spacial score (nSPS) is 15.1. The average molecular weight is 442 g/mol. The molecule has 32 heavy (non-hydrogen) atoms. The quantitative estimate of drug-likeness (QED) is 0.689. The van der Waals surface area contributed by atoms with Crippen LogP contribution in [0.15, 0.2) is 36.4 Å². The van der Waals surface area contributed by atoms with Gasteiger partial charge in [0.1, 0.15) is 5.75 Å². The Labute approximate surface area is 188 Å². The molecule has 0 spiro atoms. The van der Waals surface area contributed by atoms with Gasteiger partial charge in [0.2, 0.25) is 0 Å². The highest BCUT2D eigenvalue weighted by Gasteiger charge is 2.32. The predicted octanol–water partition coefficient (Wildman–Crippen LogP) is 3.16. The Balaban J connectivity index is 1.88. The summed E-state index contributed by atoms with van der Waals surface area (Å²) < 4.78 is 16.1. The largest absolute Gasteiger partial charge is 0.497 e. The molecular weight excluding hydrogens is 410 g/mol. The number of fused-ring (bicyclic) bond motifs is 1. The van der Waals surface area contributed by atoms with Gasteiger partial charge in [-0.3, -0.25) is 4.79 Å². The van der Waals surface area contributed by atoms with Gasteiger partial charge in [-0.1, -0.05) is 0 Å². The maximum Gasteiger partial charge on any atom is 0.318 e. The second-order valence-corrected chi connectivity index (χ2v) is 7.91. The van der Waals surface area contributed by atoms with Gasteiger partial charge in [0, 0.05) is 24.7 Å². The third kappa shape index (κ3) is 5.07. The van der Waals surface area contributed by atoms with Crippen molar-refractivity contribution in [3.8, 4) is 17.2 Å². The van der Waals surface area contributed by atoms with Crippen molar-refractivity contribution in [2.45, 2.75) is 32.4 Å². The highest BCUT2D eigenvalue weighted by Crippen LogP contribution is 2.38. The Morgan fingerprint density at radius 1 is 1.03 bits per heavy atom. The third-order valence-corrected chi connectivity index (χ3v) is 5.48. The van der Waals surface area contributed by atoms with E-state index in [1.807, 2.05) is 26.0 Å². The van der Waals surface area contributed by atoms with Gasteiger partial charge >= 0.3 is 6.03 Å². The predicted molar refractivity (Wildman–Crippen MR) is 122 cm³/mol. The smallest absolute Gasteiger partial charge is 0.318 e. The maximum absolute atomic E-state index is 12.9. The van der Waals surface area contributed by atoms with Crippen LogP contribution in [-0.4, -0.2) is 57.3 Å². The molecule has 3 amide bonds. The van der Waals surface area contributed by atoms with Crippen LogP contribution in [0.1, 0.15) is 41.4 Å². The summed E-state index contributed by atoms with van der Waals surface area (Å²) >= 11 is 0. The van der Waals surface area contributed by atoms with Crippen LogP contribution < -0.4 is 24.8 Å². The Bertz CT molecular complexity index is 959. The van der Waals surface area contributed by atoms with Crippen LogP contribution >= 0.6 is 0 Å². The molecule has 0 unspecified atom stereocenters. The Hall–Kier alpha value is -3.42. The number of nitrogens with zero attached hydrogens (tertiary/aromatic N) is 1. The average Bonchev–Trinajstić information content (AvgIpc) is 2.80. The van der Waals surface area contributed by atoms with Crippen LogP contribution in [0.2, 0.25) is 0 Å². The molecule has 8 heteroatoms. The second kappa shape index (κ2) is 10.3. The first-order valence-corrected chi connectivity index (χ1v) is 10.6. The molecule has 0 aromatic heterocycles. The van der Waals surface area contributed by atoms with Crippen LogP contribution in [0, 0.1) is 0 Å². The van der Waals surface area contributed by atoms with Gasteiger partial charge in [-0.05, 0) is 67.8 Å². The molecule has 1 aliphatic rings. The van der Waals surface area contributed by atoms with E-state index in [0.29, 0.717) is 35.8 Å². The summed E-state index contributed by atoms with van der Waals surface area (Å²) in [6.45, 7) is 4.64. The molecule has 0 radical (unpaired) electrons. The number of carbonyl (C=O) groups is 2. The summed E-state index contributed by atoms with van der Waals surface area (Å²) in [4.78, 5) is 27.5. The minimum absolute atomic E-state index is 0.00356. The third-order valence-electron chi connectivity index (χ3n) is 5.48. The molecule has 172 valence electrons. The van der Waals surface area contributed by atoms with Crippen molar-refractivity contribution >= 4 is 11.9 Å². The lowest BCUT2D eigenvalue weighted by Gasteiger charge is -2.38. The summed E-state index contributed by atoms with van der Waals surface area (Å²) in [5.74, 6) is 1.70. The molecule has 0 saturated carbocycles. The number of methoxy groups -OCH3 is 3. The molecule has 3 rings (SSSR count). The van der Waals surface area contributed by atoms with E-state index >= 15 is 0 Å². The van der Waals surface area contributed by atoms with Gasteiger partial charge in [-0.2, -0.15) is 0 Å². The number of nitrogens with one attached hydrogen (secondary N) is 2. The van der Waals surface area contributed by atoms with E-state index < -0.39 is 0 Å². The monoisotopic (exact) mass is 441 g/mol. The Kier molecular flexibility index (Phi) is 7.45. The van der Waals surface area contributed by atoms with Crippen molar-refractivity contribution in [2.24, 2.45) is 0 Å². The zero-order chi connectivity index (χ0) is 23.3. The highest BCUT2D eigenvalue weighted by atomic mass is 16.5. The number of hydrogen-bond donors (Lipinski definition) is 2. The molecule has 8 nitrogen and oxygen atoms in total. The molecule has 0 aliphatic carbocycles. The Morgan fingerprint density at radius 3 is 2.28 bits per heavy atom. The van der Waals surface area contributed by atoms with E-state index in [0.717, 1.165) is 11.1 Å². The number of hydrogen-bond acceptors (Lipinski definition) is 5. The molecule has 0 bridgehead atoms. The van der Waals surface area contributed by atoms with Crippen LogP contribution in [0.4, 0.5) is 4.79 Å². The molecule has 0 fully saturated rings. The fourth-order valence-corrected chi connectivity index (χ4v) is 3.86. The van der Waals surface area contributed by atoms with Crippen molar-refractivity contribution in [1.82, 2.24) is 15.5 Å². The molecule has 2 N–H and O–H groups in total. The summed E-state index contributed by atoms with van der Waals surface area (Å²) in [6.07, 6.45) is 0.685. The summed E-state index contributed by atoms with van der Waals surface area (Å²) in [5.41, 5.74) is 2.52. The fourth-order valence-electron chi connectivity index (χ4n) is 3.86. The molecule has 2 aromatic carbocycles. The van der Waals surface area contributed by atoms with Gasteiger partial charge < -0.3 is 29.7 Å². The number of amides is 3. The number of urea groups is 1. The lowest BCUT2D eigenvalue weighted by Crippen LogP contribution is -2.50. The summed E-state index contributed by atoms with van der Waals surface area (Å²) in [5, 5.41) is 5.94. The van der Waals surface area contributed by atoms with Crippen molar-refractivity contribution in [1.29, 1.82) is 0 Å². The molecule has 1 aliphatic heterocycles. The van der Waals surface area contributed by atoms with E-state index in [2.05, 4.69) is 10.6 Å². The van der Waals surface area contributed by atoms with Gasteiger partial charge in [-0.25, -0.2) is 4.79 Å². The number of carbonyl (C=O) groups excluding carboxylic acids is 2. The molecule has 0 saturated heterocycles. The maximum atomic E-state index is 12.9. The minimum atomic E-state index is -0.348. The van der Waals surface area contributed by atoms with E-state index in [1.54, 1.807) is 50.5 Å². The first-order valence-electron chi connectivity index (χ1n) is 10.6. The molecular formula is C24H31N3O5. The van der Waals surface area contributed by atoms with Gasteiger partial charge in [-0.15, -0.1) is 0 Å². The fraction of sp³-hybridized carbons (Fsp3) is 0.417. The van der Waals surface area contributed by atoms with Gasteiger partial charge in [0.05, 0.1) is 27.4 Å². The van der Waals surface area contributed by atoms with E-state index in [1.165, 1.54) is 0 Å². The number of rotatable bonds is 7. The Morgan fingerprint density at radius 2 is 1.69 bits per heavy atom. The van der Waals surface area contributed by atoms with Crippen molar-refractivity contribution in [3.63, 3.8) is 0 Å². The van der Waals surface area contributed by atoms with Crippen LogP contribution in [0.5, 0.6) is 17.2 Å². The zero-order valence-electron chi connectivity index (χ0n) is 19.2. The first kappa shape index (κ1) is 23.2. The van der Waals surface area contributed by atoms with Crippen molar-refractivity contribution < 1.29 is 23.8 Å². The SMILES string of the molecule is COc1ccc(C(=O)NC[C@@H]2c3cc(OC)c(OC)cc3CCN2C(=O)NC(C)C)cc1. The number of ether oxygens (including phenoxy) is 3. The van der Waals surface area contributed by atoms with Crippen LogP contribution in [0.25, 0.3) is 0 Å². The van der Waals surface area contributed by atoms with Gasteiger partial charge in [0.25, 0.3) is 5.91 Å². The summed E-state index contributed by atoms with van der Waals surface area (Å²) in [6, 6.07) is 10.2. The second-order valence-electron chi connectivity index (χ2n) is 7.91. The lowest BCUT2D eigenvalue weighted by atomic mass is 9.91. The molecule has 1 heterocycles. The van der Waals surface area contributed by atoms with E-state index in [-0.39, 0.29) is 30.6 Å². The van der Waals surface area contributed by atoms with Crippen LogP contribution in [-0.2, 0) is 6.42 Å². The van der Waals surface area contributed by atoms with Gasteiger partial charge in [0.15, 0.2) is 11.5 Å². The topological polar surface area (TPSA) is 89.1 Å². The van der Waals surface area contributed by atoms with E-state index in [4.69, 9.17) is 14.2 Å². The standard InChI is InChI=1S/C24H31N3O5/c1-15(2)26-24(29)27-11-10-17-12-21(31-4)22(32-5)13-19(17)20(27)14-25-23(28)16-6-8-18(30-3)9-7-16/h6-9,12-13,15,20H,10-11,14H2,1-5H3,(H,25,28)(H,26,29)/t20-/m1/s1. The molecule has 1 atom stereocenters. The van der Waals surface area contributed by atoms with Crippen LogP contribution in [0.3, 0.4) is 0 Å². The highest BCUT2D eigenvalue weighted by molar-refractivity contribution is 5.94. The summed E-state index contributed by atoms with van der Waals surface area (Å²) in [7, 11) is 4.76. The lowest BCUT2D eigenvalue weighted by molar-refractivity contribution is 0.0933. The first-order chi connectivity index (χ1) is 15.4. The minimum Gasteiger partial charge on any atom is -0.497 e. The number of benzene rings is 2. The van der Waals surface area contributed by atoms with E-state index in [9.17, 15) is 9.59 Å². The zero-order valence-corrected chi connectivity index (χ0v) is 19.2. The van der Waals surface area contributed by atoms with Crippen molar-refractivity contribution in [2.75, 3.05) is 34.4 Å². The molecule has 2 aromatic rings.